The van der Waals surface area contributed by atoms with Gasteiger partial charge in [-0.05, 0) is 25.1 Å². The van der Waals surface area contributed by atoms with Gasteiger partial charge in [0.25, 0.3) is 0 Å². The van der Waals surface area contributed by atoms with E-state index in [0.717, 1.165) is 11.8 Å². The lowest BCUT2D eigenvalue weighted by atomic mass is 10.1. The van der Waals surface area contributed by atoms with Crippen molar-refractivity contribution in [1.29, 1.82) is 0 Å². The van der Waals surface area contributed by atoms with Crippen LogP contribution in [0.3, 0.4) is 0 Å². The SMILES string of the molecule is CC1=NOC(NC(=O)N2CCN(c3ccnc(-c4ccc(F)cc4F)n3)CC2)C1C. The van der Waals surface area contributed by atoms with Crippen LogP contribution in [0.15, 0.2) is 35.6 Å². The summed E-state index contributed by atoms with van der Waals surface area (Å²) in [5.74, 6) is -0.521. The van der Waals surface area contributed by atoms with Crippen LogP contribution >= 0.6 is 0 Å². The third-order valence-electron chi connectivity index (χ3n) is 5.39. The molecule has 8 nitrogen and oxygen atoms in total. The van der Waals surface area contributed by atoms with Gasteiger partial charge in [-0.3, -0.25) is 5.32 Å². The van der Waals surface area contributed by atoms with Crippen LogP contribution in [0.5, 0.6) is 0 Å². The first-order valence-electron chi connectivity index (χ1n) is 9.71. The van der Waals surface area contributed by atoms with E-state index in [-0.39, 0.29) is 23.3 Å². The van der Waals surface area contributed by atoms with E-state index >= 15 is 0 Å². The Morgan fingerprint density at radius 3 is 2.63 bits per heavy atom. The molecule has 1 aromatic heterocycles. The molecular formula is C20H22F2N6O2. The maximum absolute atomic E-state index is 14.1. The molecule has 2 amide bonds. The van der Waals surface area contributed by atoms with Gasteiger partial charge in [0.1, 0.15) is 17.5 Å². The Balaban J connectivity index is 1.38. The highest BCUT2D eigenvalue weighted by Crippen LogP contribution is 2.23. The second-order valence-corrected chi connectivity index (χ2v) is 7.33. The number of carbonyl (C=O) groups is 1. The number of rotatable bonds is 3. The molecule has 0 bridgehead atoms. The third-order valence-corrected chi connectivity index (χ3v) is 5.39. The van der Waals surface area contributed by atoms with Crippen molar-refractivity contribution in [1.82, 2.24) is 20.2 Å². The van der Waals surface area contributed by atoms with Gasteiger partial charge >= 0.3 is 6.03 Å². The second kappa shape index (κ2) is 8.21. The first kappa shape index (κ1) is 20.0. The molecule has 30 heavy (non-hydrogen) atoms. The number of nitrogens with one attached hydrogen (secondary N) is 1. The molecule has 3 heterocycles. The summed E-state index contributed by atoms with van der Waals surface area (Å²) >= 11 is 0. The highest BCUT2D eigenvalue weighted by Gasteiger charge is 2.31. The summed E-state index contributed by atoms with van der Waals surface area (Å²) < 4.78 is 27.2. The van der Waals surface area contributed by atoms with Crippen molar-refractivity contribution in [2.45, 2.75) is 20.1 Å². The maximum atomic E-state index is 14.1. The highest BCUT2D eigenvalue weighted by molar-refractivity contribution is 5.86. The number of oxime groups is 1. The number of halogens is 2. The van der Waals surface area contributed by atoms with Gasteiger partial charge in [-0.2, -0.15) is 0 Å². The van der Waals surface area contributed by atoms with Crippen molar-refractivity contribution in [3.05, 3.63) is 42.1 Å². The van der Waals surface area contributed by atoms with E-state index in [4.69, 9.17) is 4.84 Å². The van der Waals surface area contributed by atoms with Crippen molar-refractivity contribution in [2.24, 2.45) is 11.1 Å². The van der Waals surface area contributed by atoms with E-state index in [1.807, 2.05) is 18.7 Å². The molecule has 0 radical (unpaired) electrons. The summed E-state index contributed by atoms with van der Waals surface area (Å²) in [5.41, 5.74) is 0.988. The number of urea groups is 1. The van der Waals surface area contributed by atoms with Crippen LogP contribution in [0.25, 0.3) is 11.4 Å². The Labute approximate surface area is 172 Å². The van der Waals surface area contributed by atoms with Crippen molar-refractivity contribution < 1.29 is 18.4 Å². The molecule has 2 unspecified atom stereocenters. The van der Waals surface area contributed by atoms with Crippen LogP contribution in [0.4, 0.5) is 19.4 Å². The largest absolute Gasteiger partial charge is 0.370 e. The Bertz CT molecular complexity index is 978. The van der Waals surface area contributed by atoms with E-state index in [1.54, 1.807) is 17.2 Å². The minimum atomic E-state index is -0.712. The monoisotopic (exact) mass is 416 g/mol. The summed E-state index contributed by atoms with van der Waals surface area (Å²) in [6, 6.07) is 4.84. The molecule has 1 saturated heterocycles. The fraction of sp³-hybridized carbons (Fsp3) is 0.400. The standard InChI is InChI=1S/C20H22F2N6O2/c1-12-13(2)26-30-19(12)25-20(29)28-9-7-27(8-10-28)17-5-6-23-18(24-17)15-4-3-14(21)11-16(15)22/h3-6,11-12,19H,7-10H2,1-2H3,(H,25,29). The van der Waals surface area contributed by atoms with E-state index in [1.165, 1.54) is 12.1 Å². The van der Waals surface area contributed by atoms with Gasteiger partial charge < -0.3 is 14.6 Å². The van der Waals surface area contributed by atoms with Gasteiger partial charge in [-0.15, -0.1) is 0 Å². The molecule has 10 heteroatoms. The smallest absolute Gasteiger partial charge is 0.320 e. The number of anilines is 1. The lowest BCUT2D eigenvalue weighted by molar-refractivity contribution is 0.0426. The maximum Gasteiger partial charge on any atom is 0.320 e. The normalized spacial score (nSPS) is 21.3. The van der Waals surface area contributed by atoms with Crippen molar-refractivity contribution in [3.8, 4) is 11.4 Å². The number of carbonyl (C=O) groups excluding carboxylic acids is 1. The fourth-order valence-electron chi connectivity index (χ4n) is 3.36. The van der Waals surface area contributed by atoms with Crippen LogP contribution in [-0.4, -0.2) is 59.0 Å². The van der Waals surface area contributed by atoms with E-state index in [2.05, 4.69) is 20.4 Å². The summed E-state index contributed by atoms with van der Waals surface area (Å²) in [6.45, 7) is 5.93. The van der Waals surface area contributed by atoms with Crippen molar-refractivity contribution in [3.63, 3.8) is 0 Å². The third kappa shape index (κ3) is 4.03. The molecule has 1 N–H and O–H groups in total. The Morgan fingerprint density at radius 2 is 1.97 bits per heavy atom. The van der Waals surface area contributed by atoms with Crippen molar-refractivity contribution in [2.75, 3.05) is 31.1 Å². The molecule has 158 valence electrons. The van der Waals surface area contributed by atoms with Gasteiger partial charge in [0.15, 0.2) is 5.82 Å². The van der Waals surface area contributed by atoms with Crippen LogP contribution < -0.4 is 10.2 Å². The Morgan fingerprint density at radius 1 is 1.20 bits per heavy atom. The van der Waals surface area contributed by atoms with Gasteiger partial charge in [-0.25, -0.2) is 23.5 Å². The molecule has 2 aromatic rings. The molecule has 0 saturated carbocycles. The predicted molar refractivity (Wildman–Crippen MR) is 107 cm³/mol. The lowest BCUT2D eigenvalue weighted by Crippen LogP contribution is -2.54. The van der Waals surface area contributed by atoms with Crippen LogP contribution in [0.2, 0.25) is 0 Å². The van der Waals surface area contributed by atoms with Crippen LogP contribution in [0.1, 0.15) is 13.8 Å². The zero-order chi connectivity index (χ0) is 21.3. The van der Waals surface area contributed by atoms with Gasteiger partial charge in [0.2, 0.25) is 6.23 Å². The molecule has 0 spiro atoms. The number of hydrogen-bond donors (Lipinski definition) is 1. The van der Waals surface area contributed by atoms with E-state index in [9.17, 15) is 13.6 Å². The van der Waals surface area contributed by atoms with E-state index < -0.39 is 17.9 Å². The molecule has 4 rings (SSSR count). The average molecular weight is 416 g/mol. The van der Waals surface area contributed by atoms with Gasteiger partial charge in [0.05, 0.1) is 17.2 Å². The number of piperazine rings is 1. The molecule has 2 atom stereocenters. The molecular weight excluding hydrogens is 394 g/mol. The summed E-state index contributed by atoms with van der Waals surface area (Å²) in [5, 5.41) is 6.76. The lowest BCUT2D eigenvalue weighted by Gasteiger charge is -2.35. The van der Waals surface area contributed by atoms with Crippen molar-refractivity contribution >= 4 is 17.6 Å². The zero-order valence-electron chi connectivity index (χ0n) is 16.7. The Hall–Kier alpha value is -3.30. The molecule has 1 fully saturated rings. The highest BCUT2D eigenvalue weighted by atomic mass is 19.1. The topological polar surface area (TPSA) is 83.0 Å². The predicted octanol–water partition coefficient (Wildman–Crippen LogP) is 2.62. The van der Waals surface area contributed by atoms with Crippen LogP contribution in [-0.2, 0) is 4.84 Å². The molecule has 1 aromatic carbocycles. The molecule has 0 aliphatic carbocycles. The van der Waals surface area contributed by atoms with Gasteiger partial charge in [-0.1, -0.05) is 12.1 Å². The first-order valence-corrected chi connectivity index (χ1v) is 9.71. The summed E-state index contributed by atoms with van der Waals surface area (Å²) in [4.78, 5) is 30.0. The van der Waals surface area contributed by atoms with Gasteiger partial charge in [0, 0.05) is 38.4 Å². The van der Waals surface area contributed by atoms with E-state index in [0.29, 0.717) is 32.0 Å². The quantitative estimate of drug-likeness (QED) is 0.832. The molecule has 2 aliphatic rings. The molecule has 2 aliphatic heterocycles. The summed E-state index contributed by atoms with van der Waals surface area (Å²) in [7, 11) is 0. The number of amides is 2. The van der Waals surface area contributed by atoms with Crippen LogP contribution in [0, 0.1) is 17.6 Å². The minimum absolute atomic E-state index is 0.0292. The Kier molecular flexibility index (Phi) is 5.47. The summed E-state index contributed by atoms with van der Waals surface area (Å²) in [6.07, 6.45) is 1.09. The fourth-order valence-corrected chi connectivity index (χ4v) is 3.36. The number of benzene rings is 1. The first-order chi connectivity index (χ1) is 14.4. The number of nitrogens with zero attached hydrogens (tertiary/aromatic N) is 5. The zero-order valence-corrected chi connectivity index (χ0v) is 16.7. The number of aromatic nitrogens is 2. The average Bonchev–Trinajstić information content (AvgIpc) is 3.06. The number of hydrogen-bond acceptors (Lipinski definition) is 6. The minimum Gasteiger partial charge on any atom is -0.370 e. The second-order valence-electron chi connectivity index (χ2n) is 7.33.